The van der Waals surface area contributed by atoms with Gasteiger partial charge in [0.25, 0.3) is 5.91 Å². The maximum Gasteiger partial charge on any atom is 0.251 e. The number of halogens is 1. The van der Waals surface area contributed by atoms with Crippen molar-refractivity contribution >= 4 is 29.1 Å². The summed E-state index contributed by atoms with van der Waals surface area (Å²) in [5.41, 5.74) is 3.94. The molecule has 5 atom stereocenters. The normalized spacial score (nSPS) is 26.5. The Morgan fingerprint density at radius 3 is 2.35 bits per heavy atom. The molecule has 3 aromatic carbocycles. The van der Waals surface area contributed by atoms with Crippen molar-refractivity contribution in [3.05, 3.63) is 101 Å². The van der Waals surface area contributed by atoms with E-state index in [1.807, 2.05) is 54.6 Å². The van der Waals surface area contributed by atoms with Crippen LogP contribution in [0, 0.1) is 11.8 Å². The number of rotatable bonds is 4. The second-order valence-electron chi connectivity index (χ2n) is 10.5. The molecule has 6 rings (SSSR count). The van der Waals surface area contributed by atoms with E-state index < -0.39 is 0 Å². The lowest BCUT2D eigenvalue weighted by atomic mass is 9.79. The lowest BCUT2D eigenvalue weighted by Crippen LogP contribution is -2.50. The highest BCUT2D eigenvalue weighted by Crippen LogP contribution is 2.52. The minimum atomic E-state index is -0.207. The summed E-state index contributed by atoms with van der Waals surface area (Å²) in [6, 6.07) is 25.5. The van der Waals surface area contributed by atoms with Crippen LogP contribution in [-0.4, -0.2) is 29.3 Å². The summed E-state index contributed by atoms with van der Waals surface area (Å²) in [6.45, 7) is 0.709. The fraction of sp³-hybridized carbons (Fsp3) is 0.355. The summed E-state index contributed by atoms with van der Waals surface area (Å²) in [7, 11) is 0. The van der Waals surface area contributed by atoms with Crippen LogP contribution in [0.15, 0.2) is 78.9 Å². The van der Waals surface area contributed by atoms with Gasteiger partial charge in [-0.25, -0.2) is 0 Å². The highest BCUT2D eigenvalue weighted by atomic mass is 35.5. The molecule has 2 fully saturated rings. The summed E-state index contributed by atoms with van der Waals surface area (Å²) in [4.78, 5) is 29.3. The number of anilines is 1. The van der Waals surface area contributed by atoms with Crippen molar-refractivity contribution in [1.29, 1.82) is 0 Å². The summed E-state index contributed by atoms with van der Waals surface area (Å²) >= 11 is 6.65. The number of hydrogen-bond acceptors (Lipinski definition) is 3. The lowest BCUT2D eigenvalue weighted by Gasteiger charge is -2.42. The van der Waals surface area contributed by atoms with Crippen LogP contribution >= 0.6 is 11.6 Å². The van der Waals surface area contributed by atoms with Crippen molar-refractivity contribution in [2.45, 2.75) is 50.2 Å². The van der Waals surface area contributed by atoms with Crippen LogP contribution < -0.4 is 10.6 Å². The Bertz CT molecular complexity index is 1300. The van der Waals surface area contributed by atoms with Crippen LogP contribution in [0.3, 0.4) is 0 Å². The molecular weight excluding hydrogens is 482 g/mol. The van der Waals surface area contributed by atoms with Gasteiger partial charge in [-0.1, -0.05) is 79.0 Å². The maximum absolute atomic E-state index is 14.2. The molecule has 2 heterocycles. The molecule has 3 aliphatic rings. The third-order valence-corrected chi connectivity index (χ3v) is 8.77. The van der Waals surface area contributed by atoms with Crippen LogP contribution in [0.1, 0.15) is 65.7 Å². The van der Waals surface area contributed by atoms with Crippen molar-refractivity contribution in [2.75, 3.05) is 11.9 Å². The first-order valence-electron chi connectivity index (χ1n) is 13.4. The predicted molar refractivity (Wildman–Crippen MR) is 146 cm³/mol. The van der Waals surface area contributed by atoms with Crippen molar-refractivity contribution in [3.63, 3.8) is 0 Å². The molecule has 0 unspecified atom stereocenters. The molecule has 3 aromatic rings. The van der Waals surface area contributed by atoms with Gasteiger partial charge in [-0.3, -0.25) is 9.59 Å². The molecule has 6 heteroatoms. The van der Waals surface area contributed by atoms with Crippen LogP contribution in [0.25, 0.3) is 0 Å². The average molecular weight is 514 g/mol. The Hall–Kier alpha value is -3.31. The number of hydrogen-bond donors (Lipinski definition) is 2. The first-order valence-corrected chi connectivity index (χ1v) is 13.8. The van der Waals surface area contributed by atoms with E-state index in [9.17, 15) is 9.59 Å². The van der Waals surface area contributed by atoms with Gasteiger partial charge in [0.2, 0.25) is 5.91 Å². The minimum Gasteiger partial charge on any atom is -0.378 e. The molecule has 0 aromatic heterocycles. The highest BCUT2D eigenvalue weighted by molar-refractivity contribution is 6.31. The smallest absolute Gasteiger partial charge is 0.251 e. The SMILES string of the molecule is O=C(N[C@@H]1CCCC[C@@H]1C(=O)N1CC[C@H]2[C@@H](c3ccccc3Cl)Nc3ccccc3[C@H]21)c1ccccc1. The van der Waals surface area contributed by atoms with Crippen LogP contribution in [0.5, 0.6) is 0 Å². The molecule has 2 N–H and O–H groups in total. The van der Waals surface area contributed by atoms with Gasteiger partial charge < -0.3 is 15.5 Å². The largest absolute Gasteiger partial charge is 0.378 e. The fourth-order valence-electron chi connectivity index (χ4n) is 6.66. The van der Waals surface area contributed by atoms with Gasteiger partial charge in [0, 0.05) is 34.8 Å². The average Bonchev–Trinajstić information content (AvgIpc) is 3.39. The number of carbonyl (C=O) groups excluding carboxylic acids is 2. The van der Waals surface area contributed by atoms with Gasteiger partial charge in [0.15, 0.2) is 0 Å². The molecule has 0 bridgehead atoms. The second-order valence-corrected chi connectivity index (χ2v) is 10.9. The summed E-state index contributed by atoms with van der Waals surface area (Å²) in [5.74, 6) is 0.0800. The molecule has 37 heavy (non-hydrogen) atoms. The Balaban J connectivity index is 1.29. The van der Waals surface area contributed by atoms with Gasteiger partial charge in [0.1, 0.15) is 0 Å². The third-order valence-electron chi connectivity index (χ3n) is 8.42. The first kappa shape index (κ1) is 24.1. The van der Waals surface area contributed by atoms with E-state index in [1.54, 1.807) is 0 Å². The number of amides is 2. The maximum atomic E-state index is 14.2. The number of likely N-dealkylation sites (tertiary alicyclic amines) is 1. The predicted octanol–water partition coefficient (Wildman–Crippen LogP) is 6.39. The molecule has 2 amide bonds. The molecule has 1 saturated heterocycles. The quantitative estimate of drug-likeness (QED) is 0.425. The van der Waals surface area contributed by atoms with Gasteiger partial charge in [-0.15, -0.1) is 0 Å². The van der Waals surface area contributed by atoms with E-state index in [-0.39, 0.29) is 41.8 Å². The Morgan fingerprint density at radius 2 is 1.54 bits per heavy atom. The summed E-state index contributed by atoms with van der Waals surface area (Å²) in [6.07, 6.45) is 4.58. The molecule has 1 aliphatic carbocycles. The third kappa shape index (κ3) is 4.50. The van der Waals surface area contributed by atoms with Crippen molar-refractivity contribution in [2.24, 2.45) is 11.8 Å². The summed E-state index contributed by atoms with van der Waals surface area (Å²) in [5, 5.41) is 7.69. The first-order chi connectivity index (χ1) is 18.1. The highest BCUT2D eigenvalue weighted by Gasteiger charge is 2.48. The lowest BCUT2D eigenvalue weighted by molar-refractivity contribution is -0.138. The monoisotopic (exact) mass is 513 g/mol. The summed E-state index contributed by atoms with van der Waals surface area (Å²) < 4.78 is 0. The van der Waals surface area contributed by atoms with E-state index in [1.165, 1.54) is 5.56 Å². The van der Waals surface area contributed by atoms with Crippen molar-refractivity contribution in [1.82, 2.24) is 10.2 Å². The van der Waals surface area contributed by atoms with Gasteiger partial charge in [-0.2, -0.15) is 0 Å². The van der Waals surface area contributed by atoms with Crippen molar-refractivity contribution in [3.8, 4) is 0 Å². The number of nitrogens with zero attached hydrogens (tertiary/aromatic N) is 1. The standard InChI is InChI=1S/C31H32ClN3O2/c32-25-15-7-4-12-21(25)28-24-18-19-35(29(24)22-13-5-8-16-26(22)33-28)31(37)23-14-6-9-17-27(23)34-30(36)20-10-2-1-3-11-20/h1-5,7-8,10-13,15-16,23-24,27-29,33H,6,9,14,17-19H2,(H,34,36)/t23-,24-,27+,28+,29+/m0/s1. The van der Waals surface area contributed by atoms with E-state index >= 15 is 0 Å². The van der Waals surface area contributed by atoms with Crippen molar-refractivity contribution < 1.29 is 9.59 Å². The number of benzene rings is 3. The van der Waals surface area contributed by atoms with E-state index in [0.717, 1.165) is 48.4 Å². The second kappa shape index (κ2) is 10.2. The fourth-order valence-corrected chi connectivity index (χ4v) is 6.91. The zero-order valence-corrected chi connectivity index (χ0v) is 21.5. The molecule has 2 aliphatic heterocycles. The number of fused-ring (bicyclic) bond motifs is 3. The zero-order chi connectivity index (χ0) is 25.4. The molecule has 1 saturated carbocycles. The van der Waals surface area contributed by atoms with E-state index in [0.29, 0.717) is 12.1 Å². The number of para-hydroxylation sites is 1. The number of carbonyl (C=O) groups is 2. The molecule has 0 spiro atoms. The number of nitrogens with one attached hydrogen (secondary N) is 2. The van der Waals surface area contributed by atoms with Gasteiger partial charge in [0.05, 0.1) is 18.0 Å². The Labute approximate surface area is 223 Å². The van der Waals surface area contributed by atoms with Gasteiger partial charge in [-0.05, 0) is 54.7 Å². The van der Waals surface area contributed by atoms with Crippen LogP contribution in [-0.2, 0) is 4.79 Å². The Morgan fingerprint density at radius 1 is 0.838 bits per heavy atom. The van der Waals surface area contributed by atoms with Crippen LogP contribution in [0.4, 0.5) is 5.69 Å². The van der Waals surface area contributed by atoms with Gasteiger partial charge >= 0.3 is 0 Å². The Kier molecular flexibility index (Phi) is 6.64. The van der Waals surface area contributed by atoms with Crippen LogP contribution in [0.2, 0.25) is 5.02 Å². The topological polar surface area (TPSA) is 61.4 Å². The zero-order valence-electron chi connectivity index (χ0n) is 20.8. The molecular formula is C31H32ClN3O2. The molecule has 190 valence electrons. The molecule has 5 nitrogen and oxygen atoms in total. The van der Waals surface area contributed by atoms with E-state index in [4.69, 9.17) is 11.6 Å². The minimum absolute atomic E-state index is 0.0152. The molecule has 0 radical (unpaired) electrons. The van der Waals surface area contributed by atoms with E-state index in [2.05, 4.69) is 39.8 Å².